The van der Waals surface area contributed by atoms with Crippen LogP contribution in [0.2, 0.25) is 0 Å². The van der Waals surface area contributed by atoms with Crippen molar-refractivity contribution in [2.24, 2.45) is 0 Å². The number of hydrogen-bond donors (Lipinski definition) is 2. The minimum atomic E-state index is -0.0440. The normalized spacial score (nSPS) is 10.0. The summed E-state index contributed by atoms with van der Waals surface area (Å²) in [7, 11) is 5.62. The Morgan fingerprint density at radius 1 is 1.04 bits per heavy atom. The Morgan fingerprint density at radius 2 is 1.70 bits per heavy atom. The first-order valence-electron chi connectivity index (χ1n) is 7.49. The molecule has 0 aliphatic heterocycles. The smallest absolute Gasteiger partial charge is 0.239 e. The van der Waals surface area contributed by atoms with Gasteiger partial charge < -0.3 is 20.3 Å². The fourth-order valence-electron chi connectivity index (χ4n) is 2.07. The quantitative estimate of drug-likeness (QED) is 0.824. The largest absolute Gasteiger partial charge is 0.497 e. The molecule has 5 heteroatoms. The molecule has 0 saturated carbocycles. The molecule has 0 aromatic heterocycles. The van der Waals surface area contributed by atoms with Crippen LogP contribution >= 0.6 is 0 Å². The first-order valence-corrected chi connectivity index (χ1v) is 7.49. The molecule has 0 saturated heterocycles. The molecular weight excluding hydrogens is 290 g/mol. The van der Waals surface area contributed by atoms with Gasteiger partial charge in [-0.1, -0.05) is 12.1 Å². The highest BCUT2D eigenvalue weighted by Crippen LogP contribution is 2.15. The summed E-state index contributed by atoms with van der Waals surface area (Å²) in [4.78, 5) is 13.9. The van der Waals surface area contributed by atoms with Crippen molar-refractivity contribution in [3.8, 4) is 5.75 Å². The molecule has 1 amide bonds. The Balaban J connectivity index is 1.76. The van der Waals surface area contributed by atoms with Crippen molar-refractivity contribution in [2.45, 2.75) is 6.54 Å². The van der Waals surface area contributed by atoms with Gasteiger partial charge in [-0.2, -0.15) is 0 Å². The Bertz CT molecular complexity index is 622. The van der Waals surface area contributed by atoms with Gasteiger partial charge in [0.15, 0.2) is 0 Å². The minimum absolute atomic E-state index is 0.0440. The molecule has 5 nitrogen and oxygen atoms in total. The van der Waals surface area contributed by atoms with Crippen molar-refractivity contribution in [1.29, 1.82) is 0 Å². The maximum absolute atomic E-state index is 11.9. The fraction of sp³-hybridized carbons (Fsp3) is 0.278. The summed E-state index contributed by atoms with van der Waals surface area (Å²) in [5, 5.41) is 6.00. The molecule has 2 aromatic carbocycles. The molecule has 122 valence electrons. The highest BCUT2D eigenvalue weighted by molar-refractivity contribution is 5.80. The van der Waals surface area contributed by atoms with Crippen LogP contribution in [0.15, 0.2) is 48.5 Å². The monoisotopic (exact) mass is 313 g/mol. The van der Waals surface area contributed by atoms with Crippen LogP contribution in [-0.2, 0) is 11.3 Å². The van der Waals surface area contributed by atoms with Crippen LogP contribution in [-0.4, -0.2) is 33.7 Å². The number of ether oxygens (including phenoxy) is 1. The highest BCUT2D eigenvalue weighted by Gasteiger charge is 2.02. The van der Waals surface area contributed by atoms with E-state index in [0.717, 1.165) is 22.7 Å². The van der Waals surface area contributed by atoms with E-state index in [1.54, 1.807) is 7.11 Å². The second-order valence-corrected chi connectivity index (χ2v) is 5.42. The zero-order chi connectivity index (χ0) is 16.7. The number of carbonyl (C=O) groups excluding carboxylic acids is 1. The summed E-state index contributed by atoms with van der Waals surface area (Å²) in [6.07, 6.45) is 0. The number of carbonyl (C=O) groups is 1. The van der Waals surface area contributed by atoms with E-state index in [1.165, 1.54) is 0 Å². The Morgan fingerprint density at radius 3 is 2.26 bits per heavy atom. The van der Waals surface area contributed by atoms with E-state index >= 15 is 0 Å². The van der Waals surface area contributed by atoms with Crippen LogP contribution in [0, 0.1) is 0 Å². The van der Waals surface area contributed by atoms with Gasteiger partial charge in [0, 0.05) is 32.0 Å². The third kappa shape index (κ3) is 5.21. The lowest BCUT2D eigenvalue weighted by atomic mass is 10.2. The molecule has 0 fully saturated rings. The number of amides is 1. The van der Waals surface area contributed by atoms with Crippen LogP contribution in [0.3, 0.4) is 0 Å². The minimum Gasteiger partial charge on any atom is -0.497 e. The number of nitrogens with zero attached hydrogens (tertiary/aromatic N) is 1. The van der Waals surface area contributed by atoms with Gasteiger partial charge >= 0.3 is 0 Å². The van der Waals surface area contributed by atoms with Gasteiger partial charge in [-0.15, -0.1) is 0 Å². The van der Waals surface area contributed by atoms with E-state index in [9.17, 15) is 4.79 Å². The summed E-state index contributed by atoms with van der Waals surface area (Å²) in [6, 6.07) is 15.6. The predicted octanol–water partition coefficient (Wildman–Crippen LogP) is 2.49. The van der Waals surface area contributed by atoms with Crippen LogP contribution in [0.25, 0.3) is 0 Å². The van der Waals surface area contributed by atoms with Crippen LogP contribution < -0.4 is 20.3 Å². The zero-order valence-corrected chi connectivity index (χ0v) is 13.8. The summed E-state index contributed by atoms with van der Waals surface area (Å²) < 4.78 is 5.11. The van der Waals surface area contributed by atoms with E-state index in [4.69, 9.17) is 4.74 Å². The van der Waals surface area contributed by atoms with Crippen LogP contribution in [0.1, 0.15) is 5.56 Å². The summed E-state index contributed by atoms with van der Waals surface area (Å²) >= 11 is 0. The second-order valence-electron chi connectivity index (χ2n) is 5.42. The van der Waals surface area contributed by atoms with Gasteiger partial charge in [-0.05, 0) is 42.0 Å². The van der Waals surface area contributed by atoms with Crippen molar-refractivity contribution in [2.75, 3.05) is 38.0 Å². The summed E-state index contributed by atoms with van der Waals surface area (Å²) in [5.41, 5.74) is 3.09. The average Bonchev–Trinajstić information content (AvgIpc) is 2.59. The van der Waals surface area contributed by atoms with Crippen molar-refractivity contribution in [3.05, 3.63) is 54.1 Å². The molecule has 0 heterocycles. The van der Waals surface area contributed by atoms with Crippen LogP contribution in [0.4, 0.5) is 11.4 Å². The lowest BCUT2D eigenvalue weighted by molar-refractivity contribution is -0.119. The number of nitrogens with one attached hydrogen (secondary N) is 2. The Labute approximate surface area is 137 Å². The molecule has 23 heavy (non-hydrogen) atoms. The standard InChI is InChI=1S/C18H23N3O2/c1-21(2)16-8-6-15(7-9-16)19-13-18(22)20-12-14-4-10-17(23-3)11-5-14/h4-11,19H,12-13H2,1-3H3,(H,20,22). The zero-order valence-electron chi connectivity index (χ0n) is 13.8. The molecule has 2 N–H and O–H groups in total. The van der Waals surface area contributed by atoms with Crippen molar-refractivity contribution < 1.29 is 9.53 Å². The predicted molar refractivity (Wildman–Crippen MR) is 94.1 cm³/mol. The number of methoxy groups -OCH3 is 1. The maximum atomic E-state index is 11.9. The SMILES string of the molecule is COc1ccc(CNC(=O)CNc2ccc(N(C)C)cc2)cc1. The summed E-state index contributed by atoms with van der Waals surface area (Å²) in [6.45, 7) is 0.752. The van der Waals surface area contributed by atoms with Crippen LogP contribution in [0.5, 0.6) is 5.75 Å². The third-order valence-electron chi connectivity index (χ3n) is 3.49. The molecule has 0 aliphatic rings. The molecule has 0 spiro atoms. The number of hydrogen-bond acceptors (Lipinski definition) is 4. The van der Waals surface area contributed by atoms with Gasteiger partial charge in [-0.3, -0.25) is 4.79 Å². The summed E-state index contributed by atoms with van der Waals surface area (Å²) in [5.74, 6) is 0.764. The molecule has 2 aromatic rings. The topological polar surface area (TPSA) is 53.6 Å². The molecule has 0 atom stereocenters. The third-order valence-corrected chi connectivity index (χ3v) is 3.49. The second kappa shape index (κ2) is 8.08. The fourth-order valence-corrected chi connectivity index (χ4v) is 2.07. The van der Waals surface area contributed by atoms with Gasteiger partial charge in [-0.25, -0.2) is 0 Å². The van der Waals surface area contributed by atoms with Crippen molar-refractivity contribution >= 4 is 17.3 Å². The lowest BCUT2D eigenvalue weighted by Crippen LogP contribution is -2.29. The number of benzene rings is 2. The number of anilines is 2. The van der Waals surface area contributed by atoms with E-state index in [0.29, 0.717) is 6.54 Å². The van der Waals surface area contributed by atoms with E-state index in [1.807, 2.05) is 67.5 Å². The molecule has 0 aliphatic carbocycles. The molecule has 0 unspecified atom stereocenters. The van der Waals surface area contributed by atoms with E-state index < -0.39 is 0 Å². The molecule has 2 rings (SSSR count). The van der Waals surface area contributed by atoms with Gasteiger partial charge in [0.2, 0.25) is 5.91 Å². The first kappa shape index (κ1) is 16.7. The lowest BCUT2D eigenvalue weighted by Gasteiger charge is -2.13. The van der Waals surface area contributed by atoms with Crippen molar-refractivity contribution in [3.63, 3.8) is 0 Å². The van der Waals surface area contributed by atoms with Gasteiger partial charge in [0.05, 0.1) is 13.7 Å². The van der Waals surface area contributed by atoms with E-state index in [-0.39, 0.29) is 12.5 Å². The van der Waals surface area contributed by atoms with E-state index in [2.05, 4.69) is 10.6 Å². The average molecular weight is 313 g/mol. The van der Waals surface area contributed by atoms with Crippen molar-refractivity contribution in [1.82, 2.24) is 5.32 Å². The molecule has 0 bridgehead atoms. The maximum Gasteiger partial charge on any atom is 0.239 e. The van der Waals surface area contributed by atoms with Gasteiger partial charge in [0.1, 0.15) is 5.75 Å². The Hall–Kier alpha value is -2.69. The highest BCUT2D eigenvalue weighted by atomic mass is 16.5. The number of rotatable bonds is 7. The molecular formula is C18H23N3O2. The first-order chi connectivity index (χ1) is 11.1. The van der Waals surface area contributed by atoms with Gasteiger partial charge in [0.25, 0.3) is 0 Å². The Kier molecular flexibility index (Phi) is 5.86. The molecule has 0 radical (unpaired) electrons.